The van der Waals surface area contributed by atoms with Crippen LogP contribution in [0.15, 0.2) is 18.2 Å². The highest BCUT2D eigenvalue weighted by molar-refractivity contribution is 6.32. The van der Waals surface area contributed by atoms with Crippen molar-refractivity contribution in [3.05, 3.63) is 28.8 Å². The molecule has 1 saturated carbocycles. The number of ketones is 1. The van der Waals surface area contributed by atoms with Gasteiger partial charge in [-0.05, 0) is 30.5 Å². The molecule has 110 valence electrons. The number of urea groups is 1. The van der Waals surface area contributed by atoms with Gasteiger partial charge in [0.2, 0.25) is 5.91 Å². The highest BCUT2D eigenvalue weighted by atomic mass is 35.5. The number of rotatable bonds is 2. The van der Waals surface area contributed by atoms with Gasteiger partial charge in [-0.25, -0.2) is 9.69 Å². The largest absolute Gasteiger partial charge is 0.351 e. The molecule has 0 aromatic heterocycles. The third-order valence-corrected chi connectivity index (χ3v) is 4.51. The number of nitrogens with two attached hydrogens (primary N) is 1. The second kappa shape index (κ2) is 5.15. The SMILES string of the molecule is NC(=O)N1C(=O)C(C(=O)C2CCCC2)c2ccc(Cl)cc21. The molecule has 5 nitrogen and oxygen atoms in total. The van der Waals surface area contributed by atoms with Gasteiger partial charge in [-0.1, -0.05) is 30.5 Å². The molecule has 1 aromatic rings. The van der Waals surface area contributed by atoms with Crippen LogP contribution in [0, 0.1) is 5.92 Å². The topological polar surface area (TPSA) is 80.5 Å². The van der Waals surface area contributed by atoms with Gasteiger partial charge in [-0.2, -0.15) is 0 Å². The summed E-state index contributed by atoms with van der Waals surface area (Å²) >= 11 is 5.92. The number of anilines is 1. The van der Waals surface area contributed by atoms with Crippen molar-refractivity contribution in [2.45, 2.75) is 31.6 Å². The Morgan fingerprint density at radius 3 is 2.52 bits per heavy atom. The second-order valence-corrected chi connectivity index (χ2v) is 5.97. The predicted octanol–water partition coefficient (Wildman–Crippen LogP) is 2.61. The Morgan fingerprint density at radius 1 is 1.24 bits per heavy atom. The van der Waals surface area contributed by atoms with E-state index in [2.05, 4.69) is 0 Å². The summed E-state index contributed by atoms with van der Waals surface area (Å²) in [5, 5.41) is 0.391. The lowest BCUT2D eigenvalue weighted by molar-refractivity contribution is -0.130. The monoisotopic (exact) mass is 306 g/mol. The van der Waals surface area contributed by atoms with Crippen LogP contribution < -0.4 is 10.6 Å². The maximum atomic E-state index is 12.6. The lowest BCUT2D eigenvalue weighted by Crippen LogP contribution is -2.41. The number of fused-ring (bicyclic) bond motifs is 1. The van der Waals surface area contributed by atoms with Gasteiger partial charge in [-0.3, -0.25) is 9.59 Å². The maximum Gasteiger partial charge on any atom is 0.326 e. The first-order valence-corrected chi connectivity index (χ1v) is 7.35. The predicted molar refractivity (Wildman–Crippen MR) is 78.2 cm³/mol. The van der Waals surface area contributed by atoms with Crippen molar-refractivity contribution < 1.29 is 14.4 Å². The molecular weight excluding hydrogens is 292 g/mol. The highest BCUT2D eigenvalue weighted by Crippen LogP contribution is 2.42. The number of benzene rings is 1. The molecule has 1 atom stereocenters. The normalized spacial score (nSPS) is 21.7. The molecule has 2 aliphatic rings. The molecule has 1 aliphatic heterocycles. The quantitative estimate of drug-likeness (QED) is 0.853. The van der Waals surface area contributed by atoms with Crippen molar-refractivity contribution in [3.63, 3.8) is 0 Å². The van der Waals surface area contributed by atoms with Gasteiger partial charge in [0.15, 0.2) is 5.78 Å². The van der Waals surface area contributed by atoms with Crippen molar-refractivity contribution in [1.82, 2.24) is 0 Å². The first-order valence-electron chi connectivity index (χ1n) is 6.97. The molecule has 0 radical (unpaired) electrons. The molecule has 1 heterocycles. The molecule has 1 aliphatic carbocycles. The summed E-state index contributed by atoms with van der Waals surface area (Å²) in [5.41, 5.74) is 6.14. The van der Waals surface area contributed by atoms with Crippen molar-refractivity contribution >= 4 is 35.0 Å². The first-order chi connectivity index (χ1) is 10.0. The van der Waals surface area contributed by atoms with Crippen LogP contribution in [0.5, 0.6) is 0 Å². The fourth-order valence-electron chi connectivity index (χ4n) is 3.28. The molecule has 1 unspecified atom stereocenters. The van der Waals surface area contributed by atoms with Gasteiger partial charge in [-0.15, -0.1) is 0 Å². The summed E-state index contributed by atoms with van der Waals surface area (Å²) in [6, 6.07) is 3.87. The van der Waals surface area contributed by atoms with Gasteiger partial charge in [0.25, 0.3) is 0 Å². The number of carbonyl (C=O) groups excluding carboxylic acids is 3. The molecular formula is C15H15ClN2O3. The number of nitrogens with zero attached hydrogens (tertiary/aromatic N) is 1. The number of amides is 3. The van der Waals surface area contributed by atoms with Gasteiger partial charge >= 0.3 is 6.03 Å². The van der Waals surface area contributed by atoms with Crippen LogP contribution in [0.4, 0.5) is 10.5 Å². The van der Waals surface area contributed by atoms with E-state index in [0.29, 0.717) is 16.3 Å². The van der Waals surface area contributed by atoms with Crippen LogP contribution in [-0.2, 0) is 9.59 Å². The van der Waals surface area contributed by atoms with E-state index >= 15 is 0 Å². The molecule has 21 heavy (non-hydrogen) atoms. The van der Waals surface area contributed by atoms with E-state index < -0.39 is 17.9 Å². The van der Waals surface area contributed by atoms with E-state index in [1.165, 1.54) is 6.07 Å². The molecule has 1 aromatic carbocycles. The lowest BCUT2D eigenvalue weighted by atomic mass is 9.87. The van der Waals surface area contributed by atoms with E-state index in [1.54, 1.807) is 12.1 Å². The number of primary amides is 1. The fraction of sp³-hybridized carbons (Fsp3) is 0.400. The van der Waals surface area contributed by atoms with Crippen LogP contribution in [0.1, 0.15) is 37.2 Å². The van der Waals surface area contributed by atoms with E-state index in [9.17, 15) is 14.4 Å². The van der Waals surface area contributed by atoms with Crippen LogP contribution >= 0.6 is 11.6 Å². The van der Waals surface area contributed by atoms with E-state index in [-0.39, 0.29) is 11.7 Å². The number of hydrogen-bond acceptors (Lipinski definition) is 3. The highest BCUT2D eigenvalue weighted by Gasteiger charge is 2.46. The smallest absolute Gasteiger partial charge is 0.326 e. The molecule has 6 heteroatoms. The minimum Gasteiger partial charge on any atom is -0.351 e. The number of Topliss-reactive ketones (excluding diaryl/α,β-unsaturated/α-hetero) is 1. The van der Waals surface area contributed by atoms with Gasteiger partial charge in [0, 0.05) is 10.9 Å². The second-order valence-electron chi connectivity index (χ2n) is 5.53. The number of halogens is 1. The molecule has 0 bridgehead atoms. The zero-order chi connectivity index (χ0) is 15.1. The van der Waals surface area contributed by atoms with Crippen molar-refractivity contribution in [1.29, 1.82) is 0 Å². The summed E-state index contributed by atoms with van der Waals surface area (Å²) in [7, 11) is 0. The zero-order valence-corrected chi connectivity index (χ0v) is 12.1. The van der Waals surface area contributed by atoms with Crippen LogP contribution in [0.3, 0.4) is 0 Å². The molecule has 0 saturated heterocycles. The number of imide groups is 1. The van der Waals surface area contributed by atoms with Crippen molar-refractivity contribution in [3.8, 4) is 0 Å². The van der Waals surface area contributed by atoms with E-state index in [0.717, 1.165) is 30.6 Å². The molecule has 3 amide bonds. The van der Waals surface area contributed by atoms with Crippen molar-refractivity contribution in [2.75, 3.05) is 4.90 Å². The Bertz CT molecular complexity index is 638. The van der Waals surface area contributed by atoms with Gasteiger partial charge in [0.1, 0.15) is 5.92 Å². The Hall–Kier alpha value is -1.88. The number of hydrogen-bond donors (Lipinski definition) is 1. The maximum absolute atomic E-state index is 12.6. The summed E-state index contributed by atoms with van der Waals surface area (Å²) in [5.74, 6) is -1.69. The first kappa shape index (κ1) is 14.1. The van der Waals surface area contributed by atoms with Gasteiger partial charge in [0.05, 0.1) is 5.69 Å². The van der Waals surface area contributed by atoms with E-state index in [4.69, 9.17) is 17.3 Å². The minimum absolute atomic E-state index is 0.102. The Balaban J connectivity index is 2.04. The third-order valence-electron chi connectivity index (χ3n) is 4.27. The standard InChI is InChI=1S/C15H15ClN2O3/c16-9-5-6-10-11(7-9)18(15(17)21)14(20)12(10)13(19)8-3-1-2-4-8/h5-8,12H,1-4H2,(H2,17,21). The van der Waals surface area contributed by atoms with Crippen LogP contribution in [-0.4, -0.2) is 17.7 Å². The lowest BCUT2D eigenvalue weighted by Gasteiger charge is -2.14. The van der Waals surface area contributed by atoms with Crippen LogP contribution in [0.2, 0.25) is 5.02 Å². The average molecular weight is 307 g/mol. The molecule has 3 rings (SSSR count). The third kappa shape index (κ3) is 2.21. The summed E-state index contributed by atoms with van der Waals surface area (Å²) in [6.07, 6.45) is 3.62. The zero-order valence-electron chi connectivity index (χ0n) is 11.3. The van der Waals surface area contributed by atoms with Crippen LogP contribution in [0.25, 0.3) is 0 Å². The summed E-state index contributed by atoms with van der Waals surface area (Å²) in [6.45, 7) is 0. The Morgan fingerprint density at radius 2 is 1.90 bits per heavy atom. The Kier molecular flexibility index (Phi) is 3.45. The molecule has 0 spiro atoms. The average Bonchev–Trinajstić information content (AvgIpc) is 3.02. The van der Waals surface area contributed by atoms with Gasteiger partial charge < -0.3 is 5.73 Å². The van der Waals surface area contributed by atoms with Crippen molar-refractivity contribution in [2.24, 2.45) is 11.7 Å². The summed E-state index contributed by atoms with van der Waals surface area (Å²) in [4.78, 5) is 37.5. The Labute approximate surface area is 127 Å². The summed E-state index contributed by atoms with van der Waals surface area (Å²) < 4.78 is 0. The number of carbonyl (C=O) groups is 3. The fourth-order valence-corrected chi connectivity index (χ4v) is 3.45. The molecule has 1 fully saturated rings. The molecule has 2 N–H and O–H groups in total. The van der Waals surface area contributed by atoms with E-state index in [1.807, 2.05) is 0 Å². The minimum atomic E-state index is -0.923.